The quantitative estimate of drug-likeness (QED) is 0.446. The van der Waals surface area contributed by atoms with E-state index in [0.717, 1.165) is 60.3 Å². The van der Waals surface area contributed by atoms with Crippen LogP contribution in [-0.2, 0) is 16.1 Å². The highest BCUT2D eigenvalue weighted by Gasteiger charge is 2.25. The first-order chi connectivity index (χ1) is 16.4. The number of hydrogen-bond acceptors (Lipinski definition) is 4. The molecule has 1 aromatic heterocycles. The molecule has 1 saturated carbocycles. The summed E-state index contributed by atoms with van der Waals surface area (Å²) in [6.07, 6.45) is 4.10. The number of methoxy groups -OCH3 is 1. The Morgan fingerprint density at radius 3 is 2.47 bits per heavy atom. The van der Waals surface area contributed by atoms with Crippen LogP contribution in [0.25, 0.3) is 22.4 Å². The first-order valence-corrected chi connectivity index (χ1v) is 11.7. The van der Waals surface area contributed by atoms with Gasteiger partial charge < -0.3 is 14.6 Å². The van der Waals surface area contributed by atoms with Crippen molar-refractivity contribution in [1.82, 2.24) is 9.78 Å². The van der Waals surface area contributed by atoms with E-state index in [1.165, 1.54) is 19.2 Å². The number of benzene rings is 2. The lowest BCUT2D eigenvalue weighted by Crippen LogP contribution is -2.23. The maximum atomic E-state index is 14.4. The number of aliphatic carboxylic acids is 1. The Hall–Kier alpha value is -3.19. The van der Waals surface area contributed by atoms with Gasteiger partial charge in [0.25, 0.3) is 0 Å². The number of rotatable bonds is 9. The summed E-state index contributed by atoms with van der Waals surface area (Å²) in [4.78, 5) is 10.7. The molecule has 1 heterocycles. The van der Waals surface area contributed by atoms with Crippen molar-refractivity contribution in [3.05, 3.63) is 60.0 Å². The molecule has 34 heavy (non-hydrogen) atoms. The molecule has 0 amide bonds. The first-order valence-electron chi connectivity index (χ1n) is 11.7. The number of ether oxygens (including phenoxy) is 2. The standard InChI is InChI=1S/C27H31FN2O4/c1-18-26(22-12-23(28)14-24(13-22)33-2)27(21-6-4-3-5-7-21)30(29-18)15-19-8-10-20(11-9-19)16-34-17-25(31)32/h3-7,12-14,19-20H,8-11,15-17H2,1-2H3,(H,31,32). The highest BCUT2D eigenvalue weighted by molar-refractivity contribution is 5.83. The molecule has 4 rings (SSSR count). The van der Waals surface area contributed by atoms with Crippen LogP contribution in [0.15, 0.2) is 48.5 Å². The van der Waals surface area contributed by atoms with E-state index in [9.17, 15) is 9.18 Å². The molecule has 0 aliphatic heterocycles. The van der Waals surface area contributed by atoms with E-state index in [1.807, 2.05) is 31.2 Å². The first kappa shape index (κ1) is 24.0. The summed E-state index contributed by atoms with van der Waals surface area (Å²) >= 11 is 0. The van der Waals surface area contributed by atoms with Gasteiger partial charge in [-0.15, -0.1) is 0 Å². The van der Waals surface area contributed by atoms with Crippen LogP contribution in [0, 0.1) is 24.6 Å². The third-order valence-electron chi connectivity index (χ3n) is 6.55. The van der Waals surface area contributed by atoms with E-state index in [1.54, 1.807) is 0 Å². The van der Waals surface area contributed by atoms with Crippen LogP contribution in [0.2, 0.25) is 0 Å². The van der Waals surface area contributed by atoms with Gasteiger partial charge >= 0.3 is 5.97 Å². The van der Waals surface area contributed by atoms with Crippen LogP contribution >= 0.6 is 0 Å². The Morgan fingerprint density at radius 2 is 1.79 bits per heavy atom. The minimum Gasteiger partial charge on any atom is -0.497 e. The number of aryl methyl sites for hydroxylation is 1. The van der Waals surface area contributed by atoms with Gasteiger partial charge in [-0.1, -0.05) is 30.3 Å². The van der Waals surface area contributed by atoms with Gasteiger partial charge in [-0.05, 0) is 62.1 Å². The summed E-state index contributed by atoms with van der Waals surface area (Å²) in [5.74, 6) is 0.0719. The van der Waals surface area contributed by atoms with Gasteiger partial charge in [-0.3, -0.25) is 4.68 Å². The third-order valence-corrected chi connectivity index (χ3v) is 6.55. The second kappa shape index (κ2) is 10.8. The molecule has 1 fully saturated rings. The molecule has 0 spiro atoms. The molecule has 180 valence electrons. The molecular weight excluding hydrogens is 435 g/mol. The number of carboxylic acids is 1. The zero-order chi connectivity index (χ0) is 24.1. The van der Waals surface area contributed by atoms with Crippen LogP contribution in [0.4, 0.5) is 4.39 Å². The summed E-state index contributed by atoms with van der Waals surface area (Å²) < 4.78 is 27.1. The van der Waals surface area contributed by atoms with Crippen LogP contribution < -0.4 is 4.74 Å². The molecule has 0 saturated heterocycles. The zero-order valence-electron chi connectivity index (χ0n) is 19.7. The van der Waals surface area contributed by atoms with Crippen molar-refractivity contribution >= 4 is 5.97 Å². The van der Waals surface area contributed by atoms with Gasteiger partial charge in [0.1, 0.15) is 18.2 Å². The lowest BCUT2D eigenvalue weighted by atomic mass is 9.82. The van der Waals surface area contributed by atoms with Gasteiger partial charge in [0.2, 0.25) is 0 Å². The van der Waals surface area contributed by atoms with E-state index in [-0.39, 0.29) is 12.4 Å². The zero-order valence-corrected chi connectivity index (χ0v) is 19.7. The van der Waals surface area contributed by atoms with Crippen molar-refractivity contribution in [2.75, 3.05) is 20.3 Å². The molecule has 1 aliphatic rings. The number of halogens is 1. The summed E-state index contributed by atoms with van der Waals surface area (Å²) in [6.45, 7) is 3.01. The number of nitrogens with zero attached hydrogens (tertiary/aromatic N) is 2. The summed E-state index contributed by atoms with van der Waals surface area (Å²) in [5, 5.41) is 13.7. The van der Waals surface area contributed by atoms with Crippen molar-refractivity contribution in [3.8, 4) is 28.1 Å². The molecule has 1 N–H and O–H groups in total. The average Bonchev–Trinajstić information content (AvgIpc) is 3.15. The Labute approximate surface area is 199 Å². The summed E-state index contributed by atoms with van der Waals surface area (Å²) in [6, 6.07) is 14.9. The Kier molecular flexibility index (Phi) is 7.63. The fourth-order valence-corrected chi connectivity index (χ4v) is 4.91. The van der Waals surface area contributed by atoms with E-state index >= 15 is 0 Å². The Bertz CT molecular complexity index is 1120. The van der Waals surface area contributed by atoms with Crippen LogP contribution in [-0.4, -0.2) is 41.2 Å². The highest BCUT2D eigenvalue weighted by atomic mass is 19.1. The second-order valence-electron chi connectivity index (χ2n) is 9.03. The fraction of sp³-hybridized carbons (Fsp3) is 0.407. The van der Waals surface area contributed by atoms with Crippen LogP contribution in [0.3, 0.4) is 0 Å². The topological polar surface area (TPSA) is 73.6 Å². The van der Waals surface area contributed by atoms with Gasteiger partial charge in [0.05, 0.1) is 25.1 Å². The predicted molar refractivity (Wildman–Crippen MR) is 128 cm³/mol. The minimum atomic E-state index is -0.928. The van der Waals surface area contributed by atoms with Crippen molar-refractivity contribution in [3.63, 3.8) is 0 Å². The number of hydrogen-bond donors (Lipinski definition) is 1. The second-order valence-corrected chi connectivity index (χ2v) is 9.03. The number of aromatic nitrogens is 2. The van der Waals surface area contributed by atoms with Crippen LogP contribution in [0.1, 0.15) is 31.4 Å². The lowest BCUT2D eigenvalue weighted by molar-refractivity contribution is -0.142. The maximum Gasteiger partial charge on any atom is 0.329 e. The van der Waals surface area contributed by atoms with Gasteiger partial charge in [-0.25, -0.2) is 9.18 Å². The average molecular weight is 467 g/mol. The number of carboxylic acid groups (broad SMARTS) is 1. The van der Waals surface area contributed by atoms with E-state index in [2.05, 4.69) is 16.8 Å². The Morgan fingerprint density at radius 1 is 1.09 bits per heavy atom. The van der Waals surface area contributed by atoms with Crippen molar-refractivity contribution in [2.45, 2.75) is 39.2 Å². The summed E-state index contributed by atoms with van der Waals surface area (Å²) in [7, 11) is 1.54. The van der Waals surface area contributed by atoms with Gasteiger partial charge in [-0.2, -0.15) is 5.10 Å². The molecule has 6 nitrogen and oxygen atoms in total. The van der Waals surface area contributed by atoms with Crippen molar-refractivity contribution < 1.29 is 23.8 Å². The molecule has 0 radical (unpaired) electrons. The Balaban J connectivity index is 1.59. The largest absolute Gasteiger partial charge is 0.497 e. The SMILES string of the molecule is COc1cc(F)cc(-c2c(C)nn(CC3CCC(COCC(=O)O)CC3)c2-c2ccccc2)c1. The van der Waals surface area contributed by atoms with E-state index in [4.69, 9.17) is 19.7 Å². The normalized spacial score (nSPS) is 18.1. The molecule has 3 aromatic rings. The maximum absolute atomic E-state index is 14.4. The van der Waals surface area contributed by atoms with Crippen molar-refractivity contribution in [1.29, 1.82) is 0 Å². The molecule has 1 aliphatic carbocycles. The third kappa shape index (κ3) is 5.65. The minimum absolute atomic E-state index is 0.236. The van der Waals surface area contributed by atoms with E-state index in [0.29, 0.717) is 24.2 Å². The van der Waals surface area contributed by atoms with Gasteiger partial charge in [0.15, 0.2) is 0 Å². The highest BCUT2D eigenvalue weighted by Crippen LogP contribution is 2.38. The molecule has 0 unspecified atom stereocenters. The van der Waals surface area contributed by atoms with E-state index < -0.39 is 5.97 Å². The molecule has 0 atom stereocenters. The van der Waals surface area contributed by atoms with Crippen LogP contribution in [0.5, 0.6) is 5.75 Å². The lowest BCUT2D eigenvalue weighted by Gasteiger charge is -2.28. The summed E-state index contributed by atoms with van der Waals surface area (Å²) in [5.41, 5.74) is 4.54. The monoisotopic (exact) mass is 466 g/mol. The number of carbonyl (C=O) groups is 1. The molecule has 2 aromatic carbocycles. The van der Waals surface area contributed by atoms with Crippen molar-refractivity contribution in [2.24, 2.45) is 11.8 Å². The smallest absolute Gasteiger partial charge is 0.329 e. The molecule has 7 heteroatoms. The fourth-order valence-electron chi connectivity index (χ4n) is 4.91. The predicted octanol–water partition coefficient (Wildman–Crippen LogP) is 5.58. The molecule has 0 bridgehead atoms. The van der Waals surface area contributed by atoms with Gasteiger partial charge in [0, 0.05) is 23.7 Å². The molecular formula is C27H31FN2O4.